The van der Waals surface area contributed by atoms with Gasteiger partial charge in [0.2, 0.25) is 0 Å². The third kappa shape index (κ3) is 3.09. The predicted octanol–water partition coefficient (Wildman–Crippen LogP) is 3.70. The first-order chi connectivity index (χ1) is 7.33. The highest BCUT2D eigenvalue weighted by Gasteiger charge is 2.05. The lowest BCUT2D eigenvalue weighted by Gasteiger charge is -2.11. The van der Waals surface area contributed by atoms with Gasteiger partial charge in [-0.3, -0.25) is 0 Å². The lowest BCUT2D eigenvalue weighted by atomic mass is 9.94. The van der Waals surface area contributed by atoms with E-state index in [0.717, 1.165) is 25.7 Å². The van der Waals surface area contributed by atoms with Crippen molar-refractivity contribution >= 4 is 0 Å². The molecule has 78 valence electrons. The molecule has 0 spiro atoms. The molecular formula is C15H18. The molecule has 0 unspecified atom stereocenters. The lowest BCUT2D eigenvalue weighted by Crippen LogP contribution is -1.99. The molecule has 0 aliphatic rings. The minimum absolute atomic E-state index is 0.872. The van der Waals surface area contributed by atoms with Crippen molar-refractivity contribution in [3.63, 3.8) is 0 Å². The molecular weight excluding hydrogens is 180 g/mol. The zero-order valence-electron chi connectivity index (χ0n) is 9.47. The van der Waals surface area contributed by atoms with Crippen molar-refractivity contribution in [2.45, 2.75) is 32.6 Å². The highest BCUT2D eigenvalue weighted by molar-refractivity contribution is 5.36. The summed E-state index contributed by atoms with van der Waals surface area (Å²) in [5.41, 5.74) is 3.97. The molecule has 0 aliphatic heterocycles. The van der Waals surface area contributed by atoms with Crippen molar-refractivity contribution in [1.82, 2.24) is 0 Å². The molecule has 0 saturated heterocycles. The largest absolute Gasteiger partial charge is 0.103 e. The van der Waals surface area contributed by atoms with Crippen molar-refractivity contribution < 1.29 is 0 Å². The molecule has 15 heavy (non-hydrogen) atoms. The predicted molar refractivity (Wildman–Crippen MR) is 65.9 cm³/mol. The molecule has 0 fully saturated rings. The van der Waals surface area contributed by atoms with E-state index >= 15 is 0 Å². The van der Waals surface area contributed by atoms with E-state index in [9.17, 15) is 0 Å². The average molecular weight is 198 g/mol. The molecule has 0 bridgehead atoms. The summed E-state index contributed by atoms with van der Waals surface area (Å²) in [6.45, 7) is 9.78. The Morgan fingerprint density at radius 2 is 2.00 bits per heavy atom. The maximum Gasteiger partial charge on any atom is -0.00576 e. The fourth-order valence-electron chi connectivity index (χ4n) is 1.78. The molecule has 0 nitrogen and oxygen atoms in total. The molecule has 0 atom stereocenters. The molecule has 0 saturated carbocycles. The smallest absolute Gasteiger partial charge is 0.00576 e. The van der Waals surface area contributed by atoms with Crippen LogP contribution in [0.1, 0.15) is 30.0 Å². The van der Waals surface area contributed by atoms with Crippen LogP contribution in [-0.4, -0.2) is 0 Å². The van der Waals surface area contributed by atoms with E-state index in [0.29, 0.717) is 0 Å². The van der Waals surface area contributed by atoms with Gasteiger partial charge in [0, 0.05) is 0 Å². The van der Waals surface area contributed by atoms with Crippen molar-refractivity contribution in [2.75, 3.05) is 0 Å². The number of rotatable bonds is 6. The third-order valence-corrected chi connectivity index (χ3v) is 2.44. The van der Waals surface area contributed by atoms with Gasteiger partial charge in [0.1, 0.15) is 0 Å². The topological polar surface area (TPSA) is 0 Å². The van der Waals surface area contributed by atoms with Crippen molar-refractivity contribution in [1.29, 1.82) is 0 Å². The highest BCUT2D eigenvalue weighted by Crippen LogP contribution is 2.18. The Hall–Kier alpha value is -1.30. The first kappa shape index (κ1) is 11.8. The van der Waals surface area contributed by atoms with E-state index in [1.807, 2.05) is 12.2 Å². The second kappa shape index (κ2) is 6.23. The Kier molecular flexibility index (Phi) is 4.89. The normalized spacial score (nSPS) is 9.93. The van der Waals surface area contributed by atoms with Crippen LogP contribution in [-0.2, 0) is 19.3 Å². The van der Waals surface area contributed by atoms with Gasteiger partial charge in [0.05, 0.1) is 0 Å². The highest BCUT2D eigenvalue weighted by atomic mass is 14.1. The fourth-order valence-corrected chi connectivity index (χ4v) is 1.78. The second-order valence-electron chi connectivity index (χ2n) is 3.63. The number of benzene rings is 1. The van der Waals surface area contributed by atoms with Crippen LogP contribution in [0.4, 0.5) is 0 Å². The van der Waals surface area contributed by atoms with Crippen molar-refractivity contribution in [3.05, 3.63) is 60.2 Å². The Morgan fingerprint density at radius 3 is 2.60 bits per heavy atom. The maximum atomic E-state index is 3.81. The first-order valence-corrected chi connectivity index (χ1v) is 5.48. The van der Waals surface area contributed by atoms with Crippen LogP contribution in [0.25, 0.3) is 0 Å². The maximum absolute atomic E-state index is 3.81. The summed E-state index contributed by atoms with van der Waals surface area (Å²) in [5, 5.41) is 0. The zero-order chi connectivity index (χ0) is 11.1. The van der Waals surface area contributed by atoms with Gasteiger partial charge in [0.25, 0.3) is 0 Å². The second-order valence-corrected chi connectivity index (χ2v) is 3.63. The molecule has 1 rings (SSSR count). The Bertz CT molecular complexity index is 334. The van der Waals surface area contributed by atoms with Crippen LogP contribution < -0.4 is 0 Å². The number of aryl methyl sites for hydroxylation is 1. The molecule has 0 aromatic heterocycles. The van der Waals surface area contributed by atoms with Crippen LogP contribution in [0, 0.1) is 12.1 Å². The fraction of sp³-hybridized carbons (Fsp3) is 0.333. The van der Waals surface area contributed by atoms with Crippen LogP contribution in [0.5, 0.6) is 0 Å². The minimum atomic E-state index is 0.872. The standard InChI is InChI=1S/C15H18/c1-4-8-13-11-7-12-14(9-5-2)15(13)10-6-3/h4,6,12H,1,3,5,8-10H2,2H3. The van der Waals surface area contributed by atoms with E-state index in [1.165, 1.54) is 16.7 Å². The third-order valence-electron chi connectivity index (χ3n) is 2.44. The van der Waals surface area contributed by atoms with E-state index < -0.39 is 0 Å². The minimum Gasteiger partial charge on any atom is -0.103 e. The summed E-state index contributed by atoms with van der Waals surface area (Å²) >= 11 is 0. The summed E-state index contributed by atoms with van der Waals surface area (Å²) in [5.74, 6) is 0. The van der Waals surface area contributed by atoms with Crippen LogP contribution in [0.3, 0.4) is 0 Å². The Labute approximate surface area is 93.3 Å². The summed E-state index contributed by atoms with van der Waals surface area (Å²) in [6, 6.07) is 8.32. The molecule has 0 heterocycles. The monoisotopic (exact) mass is 198 g/mol. The van der Waals surface area contributed by atoms with Gasteiger partial charge in [-0.05, 0) is 48.1 Å². The molecule has 0 N–H and O–H groups in total. The SMILES string of the molecule is C=CCc1[c][c]cc(CCC)c1CC=C. The zero-order valence-corrected chi connectivity index (χ0v) is 9.47. The van der Waals surface area contributed by atoms with E-state index in [4.69, 9.17) is 0 Å². The summed E-state index contributed by atoms with van der Waals surface area (Å²) in [4.78, 5) is 0. The van der Waals surface area contributed by atoms with Crippen molar-refractivity contribution in [3.8, 4) is 0 Å². The number of hydrogen-bond donors (Lipinski definition) is 0. The van der Waals surface area contributed by atoms with E-state index in [-0.39, 0.29) is 0 Å². The van der Waals surface area contributed by atoms with Crippen LogP contribution in [0.2, 0.25) is 0 Å². The average Bonchev–Trinajstić information content (AvgIpc) is 2.23. The molecule has 0 amide bonds. The van der Waals surface area contributed by atoms with Gasteiger partial charge in [-0.2, -0.15) is 0 Å². The Balaban J connectivity index is 3.08. The molecule has 1 aromatic rings. The molecule has 0 aliphatic carbocycles. The summed E-state index contributed by atoms with van der Waals surface area (Å²) in [6.07, 6.45) is 7.94. The van der Waals surface area contributed by atoms with Gasteiger partial charge >= 0.3 is 0 Å². The Morgan fingerprint density at radius 1 is 1.27 bits per heavy atom. The number of allylic oxidation sites excluding steroid dienone is 2. The lowest BCUT2D eigenvalue weighted by molar-refractivity contribution is 0.899. The van der Waals surface area contributed by atoms with E-state index in [1.54, 1.807) is 0 Å². The quantitative estimate of drug-likeness (QED) is 0.611. The van der Waals surface area contributed by atoms with Gasteiger partial charge < -0.3 is 0 Å². The van der Waals surface area contributed by atoms with Gasteiger partial charge in [-0.15, -0.1) is 13.2 Å². The molecule has 2 radical (unpaired) electrons. The van der Waals surface area contributed by atoms with Crippen molar-refractivity contribution in [2.24, 2.45) is 0 Å². The first-order valence-electron chi connectivity index (χ1n) is 5.48. The summed E-state index contributed by atoms with van der Waals surface area (Å²) < 4.78 is 0. The van der Waals surface area contributed by atoms with Gasteiger partial charge in [-0.25, -0.2) is 0 Å². The van der Waals surface area contributed by atoms with Crippen LogP contribution >= 0.6 is 0 Å². The van der Waals surface area contributed by atoms with E-state index in [2.05, 4.69) is 38.3 Å². The molecule has 0 heteroatoms. The van der Waals surface area contributed by atoms with Gasteiger partial charge in [-0.1, -0.05) is 31.6 Å². The summed E-state index contributed by atoms with van der Waals surface area (Å²) in [7, 11) is 0. The number of hydrogen-bond acceptors (Lipinski definition) is 0. The van der Waals surface area contributed by atoms with Gasteiger partial charge in [0.15, 0.2) is 0 Å². The molecule has 1 aromatic carbocycles. The van der Waals surface area contributed by atoms with Crippen LogP contribution in [0.15, 0.2) is 31.4 Å².